The highest BCUT2D eigenvalue weighted by molar-refractivity contribution is 5.88. The number of ether oxygens (including phenoxy) is 1. The van der Waals surface area contributed by atoms with E-state index in [1.807, 2.05) is 26.8 Å². The molecule has 0 N–H and O–H groups in total. The van der Waals surface area contributed by atoms with Crippen molar-refractivity contribution in [3.8, 4) is 0 Å². The van der Waals surface area contributed by atoms with Gasteiger partial charge in [0, 0.05) is 23.8 Å². The van der Waals surface area contributed by atoms with Gasteiger partial charge in [0.15, 0.2) is 0 Å². The Morgan fingerprint density at radius 3 is 2.76 bits per heavy atom. The summed E-state index contributed by atoms with van der Waals surface area (Å²) in [5, 5.41) is 0. The van der Waals surface area contributed by atoms with E-state index >= 15 is 0 Å². The fraction of sp³-hybridized carbons (Fsp3) is 0.700. The molecule has 0 bridgehead atoms. The van der Waals surface area contributed by atoms with Crippen molar-refractivity contribution in [2.75, 3.05) is 18.0 Å². The lowest BCUT2D eigenvalue weighted by Gasteiger charge is -2.33. The Morgan fingerprint density at radius 1 is 1.44 bits per heavy atom. The van der Waals surface area contributed by atoms with Gasteiger partial charge in [-0.1, -0.05) is 19.9 Å². The molecule has 5 heteroatoms. The Hall–Kier alpha value is -1.62. The lowest BCUT2D eigenvalue weighted by Crippen LogP contribution is -2.43. The molecule has 1 aromatic rings. The number of hydrogen-bond acceptors (Lipinski definition) is 4. The molecule has 1 aliphatic heterocycles. The highest BCUT2D eigenvalue weighted by Crippen LogP contribution is 2.37. The first-order valence-corrected chi connectivity index (χ1v) is 9.49. The first-order valence-electron chi connectivity index (χ1n) is 9.49. The van der Waals surface area contributed by atoms with E-state index in [1.54, 1.807) is 11.1 Å². The Kier molecular flexibility index (Phi) is 6.44. The van der Waals surface area contributed by atoms with E-state index in [9.17, 15) is 4.79 Å². The number of aromatic nitrogens is 1. The predicted octanol–water partition coefficient (Wildman–Crippen LogP) is 4.78. The maximum Gasteiger partial charge on any atom is 0.416 e. The van der Waals surface area contributed by atoms with E-state index in [4.69, 9.17) is 4.74 Å². The number of carbonyl (C=O) groups excluding carboxylic acids is 1. The Morgan fingerprint density at radius 2 is 2.16 bits per heavy atom. The molecule has 0 aromatic carbocycles. The summed E-state index contributed by atoms with van der Waals surface area (Å²) in [6, 6.07) is 4.43. The van der Waals surface area contributed by atoms with Gasteiger partial charge in [-0.2, -0.15) is 0 Å². The zero-order valence-corrected chi connectivity index (χ0v) is 16.6. The van der Waals surface area contributed by atoms with Gasteiger partial charge in [0.1, 0.15) is 11.4 Å². The third-order valence-corrected chi connectivity index (χ3v) is 4.80. The fourth-order valence-electron chi connectivity index (χ4n) is 3.40. The molecule has 2 atom stereocenters. The summed E-state index contributed by atoms with van der Waals surface area (Å²) in [5.74, 6) is 0.747. The van der Waals surface area contributed by atoms with Crippen LogP contribution in [0.4, 0.5) is 10.6 Å². The largest absolute Gasteiger partial charge is 0.443 e. The number of nitrogens with zero attached hydrogens (tertiary/aromatic N) is 3. The van der Waals surface area contributed by atoms with Crippen molar-refractivity contribution in [3.05, 3.63) is 23.9 Å². The van der Waals surface area contributed by atoms with Crippen LogP contribution >= 0.6 is 0 Å². The second kappa shape index (κ2) is 8.17. The van der Waals surface area contributed by atoms with Gasteiger partial charge in [-0.3, -0.25) is 9.80 Å². The lowest BCUT2D eigenvalue weighted by molar-refractivity contribution is 0.0565. The molecule has 1 saturated heterocycles. The van der Waals surface area contributed by atoms with Crippen molar-refractivity contribution in [1.82, 2.24) is 9.88 Å². The molecular formula is C20H33N3O2. The highest BCUT2D eigenvalue weighted by Gasteiger charge is 2.33. The minimum atomic E-state index is -0.527. The smallest absolute Gasteiger partial charge is 0.416 e. The van der Waals surface area contributed by atoms with Gasteiger partial charge in [0.05, 0.1) is 0 Å². The maximum atomic E-state index is 12.9. The van der Waals surface area contributed by atoms with Crippen LogP contribution in [0.5, 0.6) is 0 Å². The second-order valence-electron chi connectivity index (χ2n) is 7.81. The summed E-state index contributed by atoms with van der Waals surface area (Å²) in [6.45, 7) is 14.1. The standard InChI is InChI=1S/C20H33N3O2/c1-7-15(3)23(19(24)25-20(4,5)6)18-16(11-9-13-21-18)17-12-10-14-22(17)8-2/h9,11,13,15,17H,7-8,10,12,14H2,1-6H3/t15-,17-/m1/s1. The number of hydrogen-bond donors (Lipinski definition) is 0. The third kappa shape index (κ3) is 4.72. The number of amides is 1. The number of anilines is 1. The SMILES string of the molecule is CC[C@@H](C)N(C(=O)OC(C)(C)C)c1ncccc1[C@H]1CCCN1CC. The Bertz CT molecular complexity index is 583. The van der Waals surface area contributed by atoms with Crippen molar-refractivity contribution in [3.63, 3.8) is 0 Å². The first kappa shape index (κ1) is 19.7. The fourth-order valence-corrected chi connectivity index (χ4v) is 3.40. The topological polar surface area (TPSA) is 45.7 Å². The average Bonchev–Trinajstić information content (AvgIpc) is 3.02. The quantitative estimate of drug-likeness (QED) is 0.769. The van der Waals surface area contributed by atoms with E-state index in [0.29, 0.717) is 6.04 Å². The van der Waals surface area contributed by atoms with Gasteiger partial charge in [0.2, 0.25) is 0 Å². The van der Waals surface area contributed by atoms with Crippen molar-refractivity contribution >= 4 is 11.9 Å². The van der Waals surface area contributed by atoms with Crippen LogP contribution in [0.1, 0.15) is 72.4 Å². The summed E-state index contributed by atoms with van der Waals surface area (Å²) in [5.41, 5.74) is 0.605. The van der Waals surface area contributed by atoms with Crippen LogP contribution in [0.25, 0.3) is 0 Å². The summed E-state index contributed by atoms with van der Waals surface area (Å²) < 4.78 is 5.68. The monoisotopic (exact) mass is 347 g/mol. The molecule has 140 valence electrons. The molecule has 1 amide bonds. The van der Waals surface area contributed by atoms with Crippen LogP contribution in [0.3, 0.4) is 0 Å². The minimum Gasteiger partial charge on any atom is -0.443 e. The lowest BCUT2D eigenvalue weighted by atomic mass is 10.0. The van der Waals surface area contributed by atoms with Crippen LogP contribution in [-0.4, -0.2) is 40.7 Å². The van der Waals surface area contributed by atoms with Gasteiger partial charge in [-0.05, 0) is 66.1 Å². The van der Waals surface area contributed by atoms with E-state index in [1.165, 1.54) is 6.42 Å². The predicted molar refractivity (Wildman–Crippen MR) is 102 cm³/mol. The molecule has 25 heavy (non-hydrogen) atoms. The average molecular weight is 348 g/mol. The second-order valence-corrected chi connectivity index (χ2v) is 7.81. The van der Waals surface area contributed by atoms with Crippen LogP contribution in [0.2, 0.25) is 0 Å². The molecule has 1 aromatic heterocycles. The molecule has 0 radical (unpaired) electrons. The van der Waals surface area contributed by atoms with Gasteiger partial charge < -0.3 is 4.74 Å². The molecule has 2 heterocycles. The molecule has 0 saturated carbocycles. The molecule has 1 aliphatic rings. The van der Waals surface area contributed by atoms with E-state index in [0.717, 1.165) is 37.3 Å². The molecule has 2 rings (SSSR count). The number of likely N-dealkylation sites (tertiary alicyclic amines) is 1. The maximum absolute atomic E-state index is 12.9. The molecule has 0 unspecified atom stereocenters. The summed E-state index contributed by atoms with van der Waals surface area (Å²) >= 11 is 0. The van der Waals surface area contributed by atoms with Crippen LogP contribution in [-0.2, 0) is 4.74 Å². The highest BCUT2D eigenvalue weighted by atomic mass is 16.6. The summed E-state index contributed by atoms with van der Waals surface area (Å²) in [6.07, 6.45) is 4.59. The number of pyridine rings is 1. The molecule has 0 aliphatic carbocycles. The molecular weight excluding hydrogens is 314 g/mol. The van der Waals surface area contributed by atoms with Crippen molar-refractivity contribution in [1.29, 1.82) is 0 Å². The van der Waals surface area contributed by atoms with E-state index in [2.05, 4.69) is 36.7 Å². The number of rotatable bonds is 5. The first-order chi connectivity index (χ1) is 11.8. The Labute approximate surface area is 152 Å². The van der Waals surface area contributed by atoms with Crippen molar-refractivity contribution in [2.45, 2.75) is 78.5 Å². The van der Waals surface area contributed by atoms with E-state index < -0.39 is 5.60 Å². The molecule has 1 fully saturated rings. The van der Waals surface area contributed by atoms with Crippen molar-refractivity contribution in [2.24, 2.45) is 0 Å². The van der Waals surface area contributed by atoms with Crippen LogP contribution < -0.4 is 4.90 Å². The van der Waals surface area contributed by atoms with Gasteiger partial charge >= 0.3 is 6.09 Å². The normalized spacial score (nSPS) is 19.7. The minimum absolute atomic E-state index is 0.0278. The zero-order chi connectivity index (χ0) is 18.6. The van der Waals surface area contributed by atoms with Gasteiger partial charge in [0.25, 0.3) is 0 Å². The summed E-state index contributed by atoms with van der Waals surface area (Å²) in [7, 11) is 0. The summed E-state index contributed by atoms with van der Waals surface area (Å²) in [4.78, 5) is 21.7. The zero-order valence-electron chi connectivity index (χ0n) is 16.6. The number of carbonyl (C=O) groups is 1. The van der Waals surface area contributed by atoms with Crippen molar-refractivity contribution < 1.29 is 9.53 Å². The van der Waals surface area contributed by atoms with Crippen LogP contribution in [0.15, 0.2) is 18.3 Å². The van der Waals surface area contributed by atoms with E-state index in [-0.39, 0.29) is 12.1 Å². The molecule has 0 spiro atoms. The Balaban J connectivity index is 2.42. The van der Waals surface area contributed by atoms with Gasteiger partial charge in [-0.25, -0.2) is 9.78 Å². The molecule has 5 nitrogen and oxygen atoms in total. The third-order valence-electron chi connectivity index (χ3n) is 4.80. The van der Waals surface area contributed by atoms with Crippen LogP contribution in [0, 0.1) is 0 Å². The van der Waals surface area contributed by atoms with Gasteiger partial charge in [-0.15, -0.1) is 0 Å².